The van der Waals surface area contributed by atoms with Gasteiger partial charge in [0.1, 0.15) is 5.75 Å². The van der Waals surface area contributed by atoms with Crippen LogP contribution in [0.25, 0.3) is 0 Å². The molecule has 0 aliphatic carbocycles. The van der Waals surface area contributed by atoms with Crippen LogP contribution in [0.2, 0.25) is 0 Å². The Morgan fingerprint density at radius 3 is 2.61 bits per heavy atom. The molecule has 0 bridgehead atoms. The van der Waals surface area contributed by atoms with Crippen LogP contribution in [0.3, 0.4) is 0 Å². The average Bonchev–Trinajstić information content (AvgIpc) is 2.96. The van der Waals surface area contributed by atoms with Gasteiger partial charge >= 0.3 is 12.2 Å². The van der Waals surface area contributed by atoms with Crippen molar-refractivity contribution < 1.29 is 22.7 Å². The van der Waals surface area contributed by atoms with Crippen molar-refractivity contribution in [1.29, 1.82) is 0 Å². The Morgan fingerprint density at radius 2 is 2.04 bits per heavy atom. The number of urea groups is 1. The number of ether oxygens (including phenoxy) is 1. The maximum absolute atomic E-state index is 12.4. The minimum Gasteiger partial charge on any atom is -0.497 e. The summed E-state index contributed by atoms with van der Waals surface area (Å²) in [5.41, 5.74) is 0.497. The largest absolute Gasteiger partial charge is 0.497 e. The second-order valence-corrected chi connectivity index (χ2v) is 5.88. The van der Waals surface area contributed by atoms with Crippen molar-refractivity contribution in [3.05, 3.63) is 23.2 Å². The van der Waals surface area contributed by atoms with Gasteiger partial charge in [-0.05, 0) is 24.5 Å². The topological polar surface area (TPSA) is 76.1 Å². The number of carbonyl (C=O) groups excluding carboxylic acids is 1. The number of alkyl halides is 3. The molecule has 124 valence electrons. The smallest absolute Gasteiger partial charge is 0.445 e. The summed E-state index contributed by atoms with van der Waals surface area (Å²) in [5.74, 6) is 0.624. The van der Waals surface area contributed by atoms with E-state index < -0.39 is 17.2 Å². The van der Waals surface area contributed by atoms with E-state index in [0.717, 1.165) is 4.90 Å². The molecule has 6 nitrogen and oxygen atoms in total. The molecule has 1 aromatic heterocycles. The van der Waals surface area contributed by atoms with E-state index in [0.29, 0.717) is 11.4 Å². The Hall–Kier alpha value is -2.01. The molecule has 2 N–H and O–H groups in total. The summed E-state index contributed by atoms with van der Waals surface area (Å²) in [6.07, 6.45) is -2.77. The van der Waals surface area contributed by atoms with E-state index >= 15 is 0 Å². The highest BCUT2D eigenvalue weighted by Gasteiger charge is 2.35. The quantitative estimate of drug-likeness (QED) is 0.804. The van der Waals surface area contributed by atoms with Gasteiger partial charge in [0.25, 0.3) is 0 Å². The second kappa shape index (κ2) is 7.04. The molecule has 0 aliphatic rings. The Bertz CT molecular complexity index is 706. The molecule has 2 amide bonds. The van der Waals surface area contributed by atoms with E-state index in [4.69, 9.17) is 4.74 Å². The van der Waals surface area contributed by atoms with Crippen molar-refractivity contribution in [2.75, 3.05) is 24.0 Å². The molecule has 0 saturated heterocycles. The Kier molecular flexibility index (Phi) is 5.31. The van der Waals surface area contributed by atoms with Crippen LogP contribution in [0.15, 0.2) is 23.1 Å². The fourth-order valence-corrected chi connectivity index (χ4v) is 2.72. The lowest BCUT2D eigenvalue weighted by atomic mass is 10.3. The van der Waals surface area contributed by atoms with Crippen LogP contribution < -0.4 is 15.4 Å². The number of anilines is 2. The van der Waals surface area contributed by atoms with Crippen molar-refractivity contribution in [1.82, 2.24) is 10.2 Å². The number of benzene rings is 1. The molecule has 0 fully saturated rings. The van der Waals surface area contributed by atoms with Crippen LogP contribution in [-0.4, -0.2) is 29.6 Å². The highest BCUT2D eigenvalue weighted by atomic mass is 32.2. The molecule has 0 saturated carbocycles. The summed E-state index contributed by atoms with van der Waals surface area (Å²) >= 11 is 1.63. The van der Waals surface area contributed by atoms with E-state index in [1.54, 1.807) is 18.2 Å². The molecule has 11 heteroatoms. The van der Waals surface area contributed by atoms with Crippen LogP contribution >= 0.6 is 23.1 Å². The summed E-state index contributed by atoms with van der Waals surface area (Å²) in [4.78, 5) is 12.6. The van der Waals surface area contributed by atoms with Gasteiger partial charge in [0.05, 0.1) is 12.8 Å². The molecule has 0 radical (unpaired) electrons. The fourth-order valence-electron chi connectivity index (χ4n) is 1.54. The number of nitrogens with one attached hydrogen (secondary N) is 2. The highest BCUT2D eigenvalue weighted by Crippen LogP contribution is 2.33. The Balaban J connectivity index is 2.06. The zero-order chi connectivity index (χ0) is 17.0. The maximum atomic E-state index is 12.4. The van der Waals surface area contributed by atoms with Gasteiger partial charge in [-0.15, -0.1) is 22.0 Å². The Morgan fingerprint density at radius 1 is 1.30 bits per heavy atom. The minimum atomic E-state index is -4.59. The third kappa shape index (κ3) is 4.48. The molecule has 1 aromatic carbocycles. The van der Waals surface area contributed by atoms with E-state index in [9.17, 15) is 18.0 Å². The number of aromatic nitrogens is 2. The number of carbonyl (C=O) groups is 1. The molecule has 0 spiro atoms. The number of thioether (sulfide) groups is 1. The van der Waals surface area contributed by atoms with Crippen molar-refractivity contribution in [3.63, 3.8) is 0 Å². The second-order valence-electron chi connectivity index (χ2n) is 4.06. The van der Waals surface area contributed by atoms with Crippen LogP contribution in [0.1, 0.15) is 5.01 Å². The van der Waals surface area contributed by atoms with Crippen molar-refractivity contribution in [3.8, 4) is 5.75 Å². The zero-order valence-electron chi connectivity index (χ0n) is 11.9. The summed E-state index contributed by atoms with van der Waals surface area (Å²) in [5, 5.41) is 9.66. The van der Waals surface area contributed by atoms with Gasteiger partial charge in [-0.3, -0.25) is 5.32 Å². The van der Waals surface area contributed by atoms with E-state index in [1.807, 2.05) is 6.26 Å². The maximum Gasteiger partial charge on any atom is 0.445 e. The predicted octanol–water partition coefficient (Wildman–Crippen LogP) is 3.93. The van der Waals surface area contributed by atoms with Crippen molar-refractivity contribution in [2.24, 2.45) is 0 Å². The van der Waals surface area contributed by atoms with Gasteiger partial charge in [-0.1, -0.05) is 11.3 Å². The molecule has 1 heterocycles. The van der Waals surface area contributed by atoms with Crippen LogP contribution in [0.5, 0.6) is 5.75 Å². The van der Waals surface area contributed by atoms with Gasteiger partial charge in [0, 0.05) is 4.90 Å². The molecule has 2 aromatic rings. The van der Waals surface area contributed by atoms with E-state index in [2.05, 4.69) is 20.8 Å². The molecule has 0 unspecified atom stereocenters. The first-order valence-electron chi connectivity index (χ1n) is 6.04. The van der Waals surface area contributed by atoms with Gasteiger partial charge in [0.15, 0.2) is 0 Å². The fraction of sp³-hybridized carbons (Fsp3) is 0.250. The number of rotatable bonds is 4. The monoisotopic (exact) mass is 364 g/mol. The predicted molar refractivity (Wildman–Crippen MR) is 82.3 cm³/mol. The summed E-state index contributed by atoms with van der Waals surface area (Å²) in [7, 11) is 1.52. The number of halogens is 3. The first-order valence-corrected chi connectivity index (χ1v) is 8.08. The number of nitrogens with zero attached hydrogens (tertiary/aromatic N) is 2. The van der Waals surface area contributed by atoms with Crippen LogP contribution in [-0.2, 0) is 6.18 Å². The summed E-state index contributed by atoms with van der Waals surface area (Å²) in [6.45, 7) is 0. The molecule has 0 aliphatic heterocycles. The SMILES string of the molecule is COc1ccc(NC(=O)Nc2nnc(C(F)(F)F)s2)c(SC)c1. The molecule has 23 heavy (non-hydrogen) atoms. The van der Waals surface area contributed by atoms with E-state index in [1.165, 1.54) is 18.9 Å². The van der Waals surface area contributed by atoms with Gasteiger partial charge < -0.3 is 10.1 Å². The Labute approximate surface area is 137 Å². The lowest BCUT2D eigenvalue weighted by molar-refractivity contribution is -0.138. The standard InChI is InChI=1S/C12H11F3N4O2S2/c1-21-6-3-4-7(8(5-6)22-2)16-10(20)17-11-19-18-9(23-11)12(13,14)15/h3-5H,1-2H3,(H2,16,17,19,20). The third-order valence-electron chi connectivity index (χ3n) is 2.54. The summed E-state index contributed by atoms with van der Waals surface area (Å²) < 4.78 is 42.3. The van der Waals surface area contributed by atoms with Gasteiger partial charge in [0.2, 0.25) is 10.1 Å². The van der Waals surface area contributed by atoms with Gasteiger partial charge in [-0.2, -0.15) is 13.2 Å². The molecule has 0 atom stereocenters. The first-order chi connectivity index (χ1) is 10.8. The molecular formula is C12H11F3N4O2S2. The van der Waals surface area contributed by atoms with Crippen molar-refractivity contribution in [2.45, 2.75) is 11.1 Å². The normalized spacial score (nSPS) is 11.2. The average molecular weight is 364 g/mol. The molecule has 2 rings (SSSR count). The van der Waals surface area contributed by atoms with Gasteiger partial charge in [-0.25, -0.2) is 4.79 Å². The molecular weight excluding hydrogens is 353 g/mol. The van der Waals surface area contributed by atoms with Crippen LogP contribution in [0, 0.1) is 0 Å². The highest BCUT2D eigenvalue weighted by molar-refractivity contribution is 7.98. The number of hydrogen-bond donors (Lipinski definition) is 2. The van der Waals surface area contributed by atoms with Crippen molar-refractivity contribution >= 4 is 39.9 Å². The minimum absolute atomic E-state index is 0.242. The lowest BCUT2D eigenvalue weighted by Gasteiger charge is -2.10. The first kappa shape index (κ1) is 17.3. The zero-order valence-corrected chi connectivity index (χ0v) is 13.5. The van der Waals surface area contributed by atoms with E-state index in [-0.39, 0.29) is 16.5 Å². The number of methoxy groups -OCH3 is 1. The lowest BCUT2D eigenvalue weighted by Crippen LogP contribution is -2.19. The summed E-state index contributed by atoms with van der Waals surface area (Å²) in [6, 6.07) is 4.30. The van der Waals surface area contributed by atoms with Crippen LogP contribution in [0.4, 0.5) is 28.8 Å². The number of hydrogen-bond acceptors (Lipinski definition) is 6. The number of amides is 2. The third-order valence-corrected chi connectivity index (χ3v) is 4.21.